The number of benzene rings is 2. The van der Waals surface area contributed by atoms with Crippen molar-refractivity contribution in [3.8, 4) is 0 Å². The molecule has 0 unspecified atom stereocenters. The highest BCUT2D eigenvalue weighted by Crippen LogP contribution is 2.24. The van der Waals surface area contributed by atoms with Crippen LogP contribution in [0.25, 0.3) is 10.9 Å². The predicted molar refractivity (Wildman–Crippen MR) is 106 cm³/mol. The number of carbonyl (C=O) groups excluding carboxylic acids is 1. The Kier molecular flexibility index (Phi) is 4.45. The van der Waals surface area contributed by atoms with E-state index < -0.39 is 0 Å². The van der Waals surface area contributed by atoms with Gasteiger partial charge in [-0.25, -0.2) is 9.97 Å². The van der Waals surface area contributed by atoms with E-state index in [0.717, 1.165) is 22.3 Å². The van der Waals surface area contributed by atoms with Crippen molar-refractivity contribution in [1.29, 1.82) is 0 Å². The Labute approximate surface area is 156 Å². The number of para-hydroxylation sites is 2. The topological polar surface area (TPSA) is 71.0 Å². The number of pyridine rings is 1. The highest BCUT2D eigenvalue weighted by atomic mass is 16.2. The maximum atomic E-state index is 12.8. The minimum absolute atomic E-state index is 0.206. The summed E-state index contributed by atoms with van der Waals surface area (Å²) in [6, 6.07) is 20.8. The maximum absolute atomic E-state index is 12.8. The standard InChI is InChI=1S/C21H17N5O/c1-26(16-9-3-2-4-10-16)21(27)18-13-19(24-14-23-18)25-17-11-5-7-15-8-6-12-22-20(15)17/h2-14H,1H3,(H,23,24,25). The number of anilines is 3. The maximum Gasteiger partial charge on any atom is 0.276 e. The number of carbonyl (C=O) groups is 1. The number of aromatic nitrogens is 3. The molecule has 6 nitrogen and oxygen atoms in total. The molecule has 0 radical (unpaired) electrons. The van der Waals surface area contributed by atoms with Gasteiger partial charge in [-0.3, -0.25) is 9.78 Å². The smallest absolute Gasteiger partial charge is 0.276 e. The largest absolute Gasteiger partial charge is 0.338 e. The molecule has 0 fully saturated rings. The van der Waals surface area contributed by atoms with Gasteiger partial charge >= 0.3 is 0 Å². The first kappa shape index (κ1) is 16.7. The van der Waals surface area contributed by atoms with Gasteiger partial charge in [-0.05, 0) is 24.3 Å². The van der Waals surface area contributed by atoms with Crippen molar-refractivity contribution in [2.24, 2.45) is 0 Å². The lowest BCUT2D eigenvalue weighted by Crippen LogP contribution is -2.27. The van der Waals surface area contributed by atoms with E-state index in [9.17, 15) is 4.79 Å². The molecule has 27 heavy (non-hydrogen) atoms. The number of nitrogens with zero attached hydrogens (tertiary/aromatic N) is 4. The van der Waals surface area contributed by atoms with Gasteiger partial charge in [0.05, 0.1) is 11.2 Å². The molecule has 132 valence electrons. The fourth-order valence-electron chi connectivity index (χ4n) is 2.83. The van der Waals surface area contributed by atoms with Gasteiger partial charge in [-0.1, -0.05) is 36.4 Å². The van der Waals surface area contributed by atoms with Crippen molar-refractivity contribution in [2.75, 3.05) is 17.3 Å². The molecule has 2 aromatic carbocycles. The van der Waals surface area contributed by atoms with E-state index in [0.29, 0.717) is 11.5 Å². The third-order valence-electron chi connectivity index (χ3n) is 4.23. The molecule has 1 N–H and O–H groups in total. The Balaban J connectivity index is 1.62. The summed E-state index contributed by atoms with van der Waals surface area (Å²) in [5, 5.41) is 4.26. The number of rotatable bonds is 4. The van der Waals surface area contributed by atoms with Gasteiger partial charge in [0, 0.05) is 30.4 Å². The molecule has 0 atom stereocenters. The molecule has 0 aliphatic rings. The van der Waals surface area contributed by atoms with Crippen LogP contribution < -0.4 is 10.2 Å². The van der Waals surface area contributed by atoms with Crippen LogP contribution in [0.2, 0.25) is 0 Å². The van der Waals surface area contributed by atoms with Crippen molar-refractivity contribution in [2.45, 2.75) is 0 Å². The Bertz CT molecular complexity index is 1090. The lowest BCUT2D eigenvalue weighted by atomic mass is 10.2. The molecule has 4 rings (SSSR count). The minimum atomic E-state index is -0.206. The van der Waals surface area contributed by atoms with E-state index in [4.69, 9.17) is 0 Å². The molecule has 0 bridgehead atoms. The summed E-state index contributed by atoms with van der Waals surface area (Å²) < 4.78 is 0. The van der Waals surface area contributed by atoms with E-state index in [1.54, 1.807) is 24.2 Å². The Morgan fingerprint density at radius 3 is 2.59 bits per heavy atom. The normalized spacial score (nSPS) is 10.6. The highest BCUT2D eigenvalue weighted by Gasteiger charge is 2.16. The van der Waals surface area contributed by atoms with E-state index in [-0.39, 0.29) is 5.91 Å². The summed E-state index contributed by atoms with van der Waals surface area (Å²) in [5.41, 5.74) is 2.77. The van der Waals surface area contributed by atoms with Crippen LogP contribution in [0.15, 0.2) is 79.3 Å². The summed E-state index contributed by atoms with van der Waals surface area (Å²) in [5.74, 6) is 0.329. The zero-order valence-corrected chi connectivity index (χ0v) is 14.7. The fourth-order valence-corrected chi connectivity index (χ4v) is 2.83. The van der Waals surface area contributed by atoms with Crippen LogP contribution in [-0.4, -0.2) is 27.9 Å². The van der Waals surface area contributed by atoms with Gasteiger partial charge in [-0.2, -0.15) is 0 Å². The minimum Gasteiger partial charge on any atom is -0.338 e. The Morgan fingerprint density at radius 2 is 1.74 bits per heavy atom. The van der Waals surface area contributed by atoms with Crippen molar-refractivity contribution in [3.63, 3.8) is 0 Å². The molecule has 0 aliphatic carbocycles. The van der Waals surface area contributed by atoms with Crippen molar-refractivity contribution in [3.05, 3.63) is 84.9 Å². The second kappa shape index (κ2) is 7.21. The summed E-state index contributed by atoms with van der Waals surface area (Å²) >= 11 is 0. The molecule has 0 saturated carbocycles. The summed E-state index contributed by atoms with van der Waals surface area (Å²) in [6.07, 6.45) is 3.13. The number of hydrogen-bond donors (Lipinski definition) is 1. The van der Waals surface area contributed by atoms with Gasteiger partial charge in [-0.15, -0.1) is 0 Å². The lowest BCUT2D eigenvalue weighted by molar-refractivity contribution is 0.0988. The van der Waals surface area contributed by atoms with Crippen LogP contribution in [0, 0.1) is 0 Å². The van der Waals surface area contributed by atoms with Gasteiger partial charge in [0.15, 0.2) is 0 Å². The SMILES string of the molecule is CN(C(=O)c1cc(Nc2cccc3cccnc23)ncn1)c1ccccc1. The van der Waals surface area contributed by atoms with Gasteiger partial charge < -0.3 is 10.2 Å². The van der Waals surface area contributed by atoms with Crippen molar-refractivity contribution < 1.29 is 4.79 Å². The average Bonchev–Trinajstić information content (AvgIpc) is 2.74. The zero-order chi connectivity index (χ0) is 18.6. The van der Waals surface area contributed by atoms with E-state index in [2.05, 4.69) is 20.3 Å². The third kappa shape index (κ3) is 3.46. The Morgan fingerprint density at radius 1 is 0.926 bits per heavy atom. The van der Waals surface area contributed by atoms with Crippen molar-refractivity contribution in [1.82, 2.24) is 15.0 Å². The molecule has 1 amide bonds. The second-order valence-electron chi connectivity index (χ2n) is 5.99. The van der Waals surface area contributed by atoms with Crippen LogP contribution in [0.1, 0.15) is 10.5 Å². The van der Waals surface area contributed by atoms with E-state index >= 15 is 0 Å². The first-order valence-corrected chi connectivity index (χ1v) is 8.48. The zero-order valence-electron chi connectivity index (χ0n) is 14.7. The predicted octanol–water partition coefficient (Wildman–Crippen LogP) is 4.05. The molecule has 0 saturated heterocycles. The first-order chi connectivity index (χ1) is 13.2. The number of nitrogens with one attached hydrogen (secondary N) is 1. The van der Waals surface area contributed by atoms with E-state index in [1.165, 1.54) is 6.33 Å². The quantitative estimate of drug-likeness (QED) is 0.598. The molecular formula is C21H17N5O. The summed E-state index contributed by atoms with van der Waals surface area (Å²) in [6.45, 7) is 0. The Hall–Kier alpha value is -3.80. The molecule has 2 aromatic heterocycles. The van der Waals surface area contributed by atoms with E-state index in [1.807, 2.05) is 60.7 Å². The van der Waals surface area contributed by atoms with Crippen LogP contribution in [0.3, 0.4) is 0 Å². The number of fused-ring (bicyclic) bond motifs is 1. The van der Waals surface area contributed by atoms with Crippen LogP contribution >= 0.6 is 0 Å². The monoisotopic (exact) mass is 355 g/mol. The average molecular weight is 355 g/mol. The second-order valence-corrected chi connectivity index (χ2v) is 5.99. The molecule has 4 aromatic rings. The molecule has 6 heteroatoms. The van der Waals surface area contributed by atoms with Gasteiger partial charge in [0.1, 0.15) is 17.8 Å². The highest BCUT2D eigenvalue weighted by molar-refractivity contribution is 6.04. The third-order valence-corrected chi connectivity index (χ3v) is 4.23. The van der Waals surface area contributed by atoms with Crippen LogP contribution in [-0.2, 0) is 0 Å². The fraction of sp³-hybridized carbons (Fsp3) is 0.0476. The van der Waals surface area contributed by atoms with Crippen LogP contribution in [0.4, 0.5) is 17.2 Å². The van der Waals surface area contributed by atoms with Crippen molar-refractivity contribution >= 4 is 34.0 Å². The molecule has 2 heterocycles. The number of amides is 1. The van der Waals surface area contributed by atoms with Crippen LogP contribution in [0.5, 0.6) is 0 Å². The molecular weight excluding hydrogens is 338 g/mol. The van der Waals surface area contributed by atoms with Gasteiger partial charge in [0.25, 0.3) is 5.91 Å². The molecule has 0 spiro atoms. The summed E-state index contributed by atoms with van der Waals surface area (Å²) in [7, 11) is 1.72. The molecule has 0 aliphatic heterocycles. The summed E-state index contributed by atoms with van der Waals surface area (Å²) in [4.78, 5) is 27.1. The first-order valence-electron chi connectivity index (χ1n) is 8.48. The number of hydrogen-bond acceptors (Lipinski definition) is 5. The lowest BCUT2D eigenvalue weighted by Gasteiger charge is -2.17. The van der Waals surface area contributed by atoms with Gasteiger partial charge in [0.2, 0.25) is 0 Å².